The van der Waals surface area contributed by atoms with Gasteiger partial charge in [0.05, 0.1) is 11.7 Å². The van der Waals surface area contributed by atoms with Gasteiger partial charge < -0.3 is 5.32 Å². The molecule has 0 amide bonds. The Kier molecular flexibility index (Phi) is 5.00. The molecule has 0 saturated carbocycles. The van der Waals surface area contributed by atoms with Crippen molar-refractivity contribution in [1.82, 2.24) is 15.1 Å². The van der Waals surface area contributed by atoms with E-state index in [0.29, 0.717) is 6.04 Å². The summed E-state index contributed by atoms with van der Waals surface area (Å²) in [5, 5.41) is 8.14. The molecule has 0 unspecified atom stereocenters. The molecule has 0 bridgehead atoms. The van der Waals surface area contributed by atoms with E-state index in [1.165, 1.54) is 18.4 Å². The van der Waals surface area contributed by atoms with Crippen molar-refractivity contribution >= 4 is 6.08 Å². The zero-order valence-corrected chi connectivity index (χ0v) is 11.7. The molecule has 2 rings (SSSR count). The molecule has 0 aliphatic carbocycles. The number of rotatable bonds is 4. The van der Waals surface area contributed by atoms with Gasteiger partial charge in [0.25, 0.3) is 0 Å². The van der Waals surface area contributed by atoms with E-state index in [2.05, 4.69) is 42.2 Å². The SMILES string of the molecule is CCC(CC)n1ccc(/C=C2/CCCNCC2)n1. The van der Waals surface area contributed by atoms with Crippen molar-refractivity contribution in [1.29, 1.82) is 0 Å². The molecule has 0 radical (unpaired) electrons. The van der Waals surface area contributed by atoms with Crippen molar-refractivity contribution in [2.45, 2.75) is 52.0 Å². The van der Waals surface area contributed by atoms with Gasteiger partial charge >= 0.3 is 0 Å². The molecular weight excluding hydrogens is 222 g/mol. The summed E-state index contributed by atoms with van der Waals surface area (Å²) in [6.45, 7) is 6.72. The van der Waals surface area contributed by atoms with Crippen molar-refractivity contribution < 1.29 is 0 Å². The maximum atomic E-state index is 4.70. The lowest BCUT2D eigenvalue weighted by atomic mass is 10.1. The van der Waals surface area contributed by atoms with Gasteiger partial charge in [0.1, 0.15) is 0 Å². The Balaban J connectivity index is 2.07. The summed E-state index contributed by atoms with van der Waals surface area (Å²) in [5.41, 5.74) is 2.66. The Hall–Kier alpha value is -1.09. The van der Waals surface area contributed by atoms with Gasteiger partial charge in [0, 0.05) is 6.20 Å². The van der Waals surface area contributed by atoms with E-state index >= 15 is 0 Å². The summed E-state index contributed by atoms with van der Waals surface area (Å²) < 4.78 is 2.13. The molecule has 3 nitrogen and oxygen atoms in total. The molecule has 2 heterocycles. The molecule has 0 aromatic carbocycles. The molecule has 1 aliphatic rings. The summed E-state index contributed by atoms with van der Waals surface area (Å²) in [4.78, 5) is 0. The average Bonchev–Trinajstić information content (AvgIpc) is 2.68. The lowest BCUT2D eigenvalue weighted by Crippen LogP contribution is -2.13. The second-order valence-corrected chi connectivity index (χ2v) is 5.10. The fourth-order valence-electron chi connectivity index (χ4n) is 2.59. The number of hydrogen-bond donors (Lipinski definition) is 1. The molecule has 1 N–H and O–H groups in total. The molecular formula is C15H25N3. The van der Waals surface area contributed by atoms with E-state index < -0.39 is 0 Å². The van der Waals surface area contributed by atoms with Crippen molar-refractivity contribution in [2.75, 3.05) is 13.1 Å². The van der Waals surface area contributed by atoms with Gasteiger partial charge in [0.15, 0.2) is 0 Å². The van der Waals surface area contributed by atoms with Gasteiger partial charge in [-0.1, -0.05) is 19.4 Å². The van der Waals surface area contributed by atoms with Crippen LogP contribution in [0.1, 0.15) is 57.7 Å². The molecule has 1 saturated heterocycles. The van der Waals surface area contributed by atoms with Gasteiger partial charge in [-0.2, -0.15) is 5.10 Å². The third-order valence-corrected chi connectivity index (χ3v) is 3.77. The topological polar surface area (TPSA) is 29.9 Å². The van der Waals surface area contributed by atoms with Crippen LogP contribution in [-0.2, 0) is 0 Å². The van der Waals surface area contributed by atoms with E-state index in [0.717, 1.165) is 38.0 Å². The highest BCUT2D eigenvalue weighted by atomic mass is 15.3. The first-order valence-electron chi connectivity index (χ1n) is 7.28. The predicted octanol–water partition coefficient (Wildman–Crippen LogP) is 3.40. The molecule has 1 aromatic rings. The maximum Gasteiger partial charge on any atom is 0.0850 e. The second kappa shape index (κ2) is 6.74. The van der Waals surface area contributed by atoms with Crippen molar-refractivity contribution in [2.24, 2.45) is 0 Å². The van der Waals surface area contributed by atoms with Gasteiger partial charge in [0.2, 0.25) is 0 Å². The van der Waals surface area contributed by atoms with Crippen molar-refractivity contribution in [3.8, 4) is 0 Å². The van der Waals surface area contributed by atoms with Crippen LogP contribution in [0.5, 0.6) is 0 Å². The van der Waals surface area contributed by atoms with Crippen LogP contribution in [0.15, 0.2) is 17.8 Å². The molecule has 0 spiro atoms. The van der Waals surface area contributed by atoms with E-state index in [1.807, 2.05) is 0 Å². The monoisotopic (exact) mass is 247 g/mol. The van der Waals surface area contributed by atoms with Crippen LogP contribution in [0.3, 0.4) is 0 Å². The normalized spacial score (nSPS) is 19.4. The number of nitrogens with one attached hydrogen (secondary N) is 1. The molecule has 3 heteroatoms. The number of aromatic nitrogens is 2. The summed E-state index contributed by atoms with van der Waals surface area (Å²) >= 11 is 0. The zero-order chi connectivity index (χ0) is 12.8. The van der Waals surface area contributed by atoms with Crippen LogP contribution in [0, 0.1) is 0 Å². The van der Waals surface area contributed by atoms with Gasteiger partial charge in [-0.3, -0.25) is 4.68 Å². The molecule has 1 aliphatic heterocycles. The highest BCUT2D eigenvalue weighted by molar-refractivity contribution is 5.48. The maximum absolute atomic E-state index is 4.70. The number of hydrogen-bond acceptors (Lipinski definition) is 2. The molecule has 100 valence electrons. The molecule has 1 fully saturated rings. The highest BCUT2D eigenvalue weighted by Gasteiger charge is 2.08. The van der Waals surface area contributed by atoms with E-state index in [1.54, 1.807) is 0 Å². The molecule has 1 aromatic heterocycles. The van der Waals surface area contributed by atoms with Crippen LogP contribution < -0.4 is 5.32 Å². The van der Waals surface area contributed by atoms with Gasteiger partial charge in [-0.05, 0) is 57.3 Å². The predicted molar refractivity (Wildman–Crippen MR) is 76.5 cm³/mol. The Morgan fingerprint density at radius 3 is 2.94 bits per heavy atom. The van der Waals surface area contributed by atoms with Crippen molar-refractivity contribution in [3.05, 3.63) is 23.5 Å². The minimum Gasteiger partial charge on any atom is -0.316 e. The Labute approximate surface area is 110 Å². The first-order valence-corrected chi connectivity index (χ1v) is 7.28. The minimum absolute atomic E-state index is 0.549. The first kappa shape index (κ1) is 13.3. The van der Waals surface area contributed by atoms with E-state index in [9.17, 15) is 0 Å². The standard InChI is InChI=1S/C15H25N3/c1-3-15(4-2)18-11-8-14(17-18)12-13-6-5-9-16-10-7-13/h8,11-12,15-16H,3-7,9-10H2,1-2H3/b13-12-. The van der Waals surface area contributed by atoms with E-state index in [4.69, 9.17) is 5.10 Å². The summed E-state index contributed by atoms with van der Waals surface area (Å²) in [6, 6.07) is 2.69. The molecule has 18 heavy (non-hydrogen) atoms. The van der Waals surface area contributed by atoms with Crippen molar-refractivity contribution in [3.63, 3.8) is 0 Å². The average molecular weight is 247 g/mol. The quantitative estimate of drug-likeness (QED) is 0.883. The van der Waals surface area contributed by atoms with Crippen LogP contribution in [0.25, 0.3) is 6.08 Å². The third kappa shape index (κ3) is 3.45. The largest absolute Gasteiger partial charge is 0.316 e. The molecule has 0 atom stereocenters. The minimum atomic E-state index is 0.549. The van der Waals surface area contributed by atoms with Gasteiger partial charge in [-0.25, -0.2) is 0 Å². The fraction of sp³-hybridized carbons (Fsp3) is 0.667. The van der Waals surface area contributed by atoms with Crippen LogP contribution >= 0.6 is 0 Å². The van der Waals surface area contributed by atoms with E-state index in [-0.39, 0.29) is 0 Å². The third-order valence-electron chi connectivity index (χ3n) is 3.77. The van der Waals surface area contributed by atoms with Gasteiger partial charge in [-0.15, -0.1) is 0 Å². The Morgan fingerprint density at radius 2 is 2.17 bits per heavy atom. The summed E-state index contributed by atoms with van der Waals surface area (Å²) in [6.07, 6.45) is 10.3. The van der Waals surface area contributed by atoms with Crippen LogP contribution in [0.2, 0.25) is 0 Å². The summed E-state index contributed by atoms with van der Waals surface area (Å²) in [7, 11) is 0. The smallest absolute Gasteiger partial charge is 0.0850 e. The zero-order valence-electron chi connectivity index (χ0n) is 11.7. The summed E-state index contributed by atoms with van der Waals surface area (Å²) in [5.74, 6) is 0. The fourth-order valence-corrected chi connectivity index (χ4v) is 2.59. The lowest BCUT2D eigenvalue weighted by molar-refractivity contribution is 0.428. The highest BCUT2D eigenvalue weighted by Crippen LogP contribution is 2.18. The Morgan fingerprint density at radius 1 is 1.33 bits per heavy atom. The first-order chi connectivity index (χ1) is 8.83. The van der Waals surface area contributed by atoms with Crippen LogP contribution in [-0.4, -0.2) is 22.9 Å². The second-order valence-electron chi connectivity index (χ2n) is 5.10. The Bertz CT molecular complexity index is 378. The number of nitrogens with zero attached hydrogens (tertiary/aromatic N) is 2. The van der Waals surface area contributed by atoms with Crippen LogP contribution in [0.4, 0.5) is 0 Å². The lowest BCUT2D eigenvalue weighted by Gasteiger charge is -2.12.